The summed E-state index contributed by atoms with van der Waals surface area (Å²) in [5.74, 6) is 1.25. The van der Waals surface area contributed by atoms with Crippen LogP contribution in [0.2, 0.25) is 0 Å². The molecule has 2 aliphatic rings. The minimum atomic E-state index is -0.146. The zero-order valence-corrected chi connectivity index (χ0v) is 10.2. The topological polar surface area (TPSA) is 26.3 Å². The Bertz CT molecular complexity index is 227. The molecule has 3 atom stereocenters. The molecule has 0 heterocycles. The highest BCUT2D eigenvalue weighted by Crippen LogP contribution is 2.66. The van der Waals surface area contributed by atoms with E-state index in [0.29, 0.717) is 18.4 Å². The molecule has 0 aliphatic heterocycles. The van der Waals surface area contributed by atoms with E-state index in [1.165, 1.54) is 25.7 Å². The van der Waals surface area contributed by atoms with Crippen LogP contribution in [-0.4, -0.2) is 17.9 Å². The fourth-order valence-electron chi connectivity index (χ4n) is 3.07. The van der Waals surface area contributed by atoms with Gasteiger partial charge in [0, 0.05) is 5.33 Å². The van der Waals surface area contributed by atoms with Gasteiger partial charge in [-0.25, -0.2) is 0 Å². The second-order valence-corrected chi connectivity index (χ2v) is 4.95. The molecule has 80 valence electrons. The van der Waals surface area contributed by atoms with E-state index in [4.69, 9.17) is 4.74 Å². The summed E-state index contributed by atoms with van der Waals surface area (Å²) < 4.78 is 5.18. The van der Waals surface area contributed by atoms with Crippen molar-refractivity contribution in [3.8, 4) is 0 Å². The standard InChI is InChI=1S/C11H17BrO2/c1-2-14-10(13)11(7-12)8-5-3-4-6-9(8)11/h8-9H,2-7H2,1H3/t8-,9+,11?. The molecule has 2 saturated carbocycles. The fraction of sp³-hybridized carbons (Fsp3) is 0.909. The van der Waals surface area contributed by atoms with Crippen LogP contribution in [0.3, 0.4) is 0 Å². The molecule has 1 unspecified atom stereocenters. The van der Waals surface area contributed by atoms with Gasteiger partial charge in [-0.15, -0.1) is 0 Å². The molecular formula is C11H17BrO2. The van der Waals surface area contributed by atoms with Crippen LogP contribution in [0.5, 0.6) is 0 Å². The summed E-state index contributed by atoms with van der Waals surface area (Å²) in [6, 6.07) is 0. The molecule has 0 aromatic rings. The highest BCUT2D eigenvalue weighted by Gasteiger charge is 2.69. The van der Waals surface area contributed by atoms with Gasteiger partial charge in [0.1, 0.15) is 0 Å². The summed E-state index contributed by atoms with van der Waals surface area (Å²) >= 11 is 3.49. The maximum Gasteiger partial charge on any atom is 0.313 e. The number of halogens is 1. The lowest BCUT2D eigenvalue weighted by molar-refractivity contribution is -0.149. The van der Waals surface area contributed by atoms with Crippen molar-refractivity contribution in [1.82, 2.24) is 0 Å². The maximum atomic E-state index is 11.9. The fourth-order valence-corrected chi connectivity index (χ4v) is 4.13. The Labute approximate surface area is 93.5 Å². The normalized spacial score (nSPS) is 40.1. The van der Waals surface area contributed by atoms with Crippen LogP contribution < -0.4 is 0 Å². The highest BCUT2D eigenvalue weighted by molar-refractivity contribution is 9.09. The molecule has 2 aliphatic carbocycles. The Balaban J connectivity index is 2.08. The first-order chi connectivity index (χ1) is 6.77. The molecule has 2 fully saturated rings. The zero-order valence-electron chi connectivity index (χ0n) is 8.59. The van der Waals surface area contributed by atoms with Gasteiger partial charge < -0.3 is 4.74 Å². The Morgan fingerprint density at radius 3 is 2.43 bits per heavy atom. The monoisotopic (exact) mass is 260 g/mol. The van der Waals surface area contributed by atoms with Gasteiger partial charge >= 0.3 is 5.97 Å². The minimum Gasteiger partial charge on any atom is -0.466 e. The summed E-state index contributed by atoms with van der Waals surface area (Å²) in [5, 5.41) is 0.786. The number of alkyl halides is 1. The van der Waals surface area contributed by atoms with Gasteiger partial charge in [0.2, 0.25) is 0 Å². The predicted molar refractivity (Wildman–Crippen MR) is 58.3 cm³/mol. The van der Waals surface area contributed by atoms with E-state index in [1.54, 1.807) is 0 Å². The molecule has 0 amide bonds. The molecule has 3 heteroatoms. The summed E-state index contributed by atoms with van der Waals surface area (Å²) in [4.78, 5) is 11.9. The van der Waals surface area contributed by atoms with E-state index in [2.05, 4.69) is 15.9 Å². The van der Waals surface area contributed by atoms with Crippen LogP contribution in [0.15, 0.2) is 0 Å². The van der Waals surface area contributed by atoms with E-state index in [-0.39, 0.29) is 11.4 Å². The first kappa shape index (κ1) is 10.5. The predicted octanol–water partition coefficient (Wildman–Crippen LogP) is 2.75. The van der Waals surface area contributed by atoms with Gasteiger partial charge in [0.15, 0.2) is 0 Å². The smallest absolute Gasteiger partial charge is 0.313 e. The average molecular weight is 261 g/mol. The van der Waals surface area contributed by atoms with Crippen LogP contribution in [0.25, 0.3) is 0 Å². The van der Waals surface area contributed by atoms with Crippen LogP contribution in [0.4, 0.5) is 0 Å². The molecule has 14 heavy (non-hydrogen) atoms. The lowest BCUT2D eigenvalue weighted by atomic mass is 10.0. The Morgan fingerprint density at radius 2 is 2.00 bits per heavy atom. The van der Waals surface area contributed by atoms with Crippen molar-refractivity contribution in [2.45, 2.75) is 32.6 Å². The van der Waals surface area contributed by atoms with Crippen molar-refractivity contribution < 1.29 is 9.53 Å². The van der Waals surface area contributed by atoms with Gasteiger partial charge in [-0.3, -0.25) is 4.79 Å². The van der Waals surface area contributed by atoms with Crippen molar-refractivity contribution >= 4 is 21.9 Å². The molecule has 0 radical (unpaired) electrons. The molecule has 0 N–H and O–H groups in total. The number of hydrogen-bond acceptors (Lipinski definition) is 2. The number of esters is 1. The zero-order chi connectivity index (χ0) is 10.2. The second-order valence-electron chi connectivity index (χ2n) is 4.39. The number of rotatable bonds is 3. The van der Waals surface area contributed by atoms with Gasteiger partial charge in [0.05, 0.1) is 12.0 Å². The summed E-state index contributed by atoms with van der Waals surface area (Å²) in [6.07, 6.45) is 5.01. The number of fused-ring (bicyclic) bond motifs is 1. The quantitative estimate of drug-likeness (QED) is 0.576. The third-order valence-electron chi connectivity index (χ3n) is 3.86. The van der Waals surface area contributed by atoms with E-state index >= 15 is 0 Å². The molecule has 0 saturated heterocycles. The number of hydrogen-bond donors (Lipinski definition) is 0. The third-order valence-corrected chi connectivity index (χ3v) is 4.78. The molecule has 2 rings (SSSR count). The molecule has 0 bridgehead atoms. The van der Waals surface area contributed by atoms with Crippen molar-refractivity contribution in [3.05, 3.63) is 0 Å². The lowest BCUT2D eigenvalue weighted by Gasteiger charge is -2.12. The highest BCUT2D eigenvalue weighted by atomic mass is 79.9. The second kappa shape index (κ2) is 3.84. The van der Waals surface area contributed by atoms with Gasteiger partial charge in [-0.05, 0) is 31.6 Å². The SMILES string of the molecule is CCOC(=O)C1(CBr)[C@@H]2CCCC[C@@H]21. The molecule has 2 nitrogen and oxygen atoms in total. The van der Waals surface area contributed by atoms with Crippen LogP contribution in [-0.2, 0) is 9.53 Å². The van der Waals surface area contributed by atoms with Crippen LogP contribution in [0.1, 0.15) is 32.6 Å². The van der Waals surface area contributed by atoms with E-state index in [9.17, 15) is 4.79 Å². The summed E-state index contributed by atoms with van der Waals surface area (Å²) in [5.41, 5.74) is -0.146. The van der Waals surface area contributed by atoms with E-state index in [0.717, 1.165) is 5.33 Å². The van der Waals surface area contributed by atoms with Gasteiger partial charge in [0.25, 0.3) is 0 Å². The number of carbonyl (C=O) groups excluding carboxylic acids is 1. The molecule has 0 aromatic heterocycles. The van der Waals surface area contributed by atoms with Crippen LogP contribution >= 0.6 is 15.9 Å². The minimum absolute atomic E-state index is 0.0359. The van der Waals surface area contributed by atoms with Crippen molar-refractivity contribution in [2.24, 2.45) is 17.3 Å². The number of ether oxygens (including phenoxy) is 1. The first-order valence-corrected chi connectivity index (χ1v) is 6.62. The Morgan fingerprint density at radius 1 is 1.43 bits per heavy atom. The maximum absolute atomic E-state index is 11.9. The number of carbonyl (C=O) groups is 1. The van der Waals surface area contributed by atoms with E-state index < -0.39 is 0 Å². The molecular weight excluding hydrogens is 244 g/mol. The average Bonchev–Trinajstić information content (AvgIpc) is 2.87. The summed E-state index contributed by atoms with van der Waals surface area (Å²) in [6.45, 7) is 2.39. The summed E-state index contributed by atoms with van der Waals surface area (Å²) in [7, 11) is 0. The van der Waals surface area contributed by atoms with Gasteiger partial charge in [-0.2, -0.15) is 0 Å². The van der Waals surface area contributed by atoms with Gasteiger partial charge in [-0.1, -0.05) is 28.8 Å². The van der Waals surface area contributed by atoms with Crippen LogP contribution in [0, 0.1) is 17.3 Å². The van der Waals surface area contributed by atoms with E-state index in [1.807, 2.05) is 6.92 Å². The Hall–Kier alpha value is -0.0500. The van der Waals surface area contributed by atoms with Crippen molar-refractivity contribution in [1.29, 1.82) is 0 Å². The van der Waals surface area contributed by atoms with Crippen molar-refractivity contribution in [3.63, 3.8) is 0 Å². The lowest BCUT2D eigenvalue weighted by Crippen LogP contribution is -2.24. The third kappa shape index (κ3) is 1.32. The largest absolute Gasteiger partial charge is 0.466 e. The Kier molecular flexibility index (Phi) is 2.87. The first-order valence-electron chi connectivity index (χ1n) is 5.50. The molecule has 0 aromatic carbocycles. The molecule has 0 spiro atoms. The van der Waals surface area contributed by atoms with Crippen molar-refractivity contribution in [2.75, 3.05) is 11.9 Å².